The molecule has 3 N–H and O–H groups in total. The zero-order valence-electron chi connectivity index (χ0n) is 12.6. The summed E-state index contributed by atoms with van der Waals surface area (Å²) in [6.07, 6.45) is 0.547. The number of hydrogen-bond donors (Lipinski definition) is 2. The summed E-state index contributed by atoms with van der Waals surface area (Å²) in [6.45, 7) is 4.90. The molecule has 2 aromatic rings. The molecule has 0 saturated heterocycles. The quantitative estimate of drug-likeness (QED) is 0.883. The molecule has 0 saturated carbocycles. The van der Waals surface area contributed by atoms with Crippen molar-refractivity contribution < 1.29 is 5.11 Å². The third-order valence-electron chi connectivity index (χ3n) is 3.82. The fourth-order valence-electron chi connectivity index (χ4n) is 2.38. The van der Waals surface area contributed by atoms with Gasteiger partial charge in [-0.2, -0.15) is 0 Å². The lowest BCUT2D eigenvalue weighted by atomic mass is 10.0. The van der Waals surface area contributed by atoms with E-state index in [-0.39, 0.29) is 18.7 Å². The van der Waals surface area contributed by atoms with E-state index in [2.05, 4.69) is 26.0 Å². The Labute approximate surface area is 124 Å². The van der Waals surface area contributed by atoms with E-state index in [0.717, 1.165) is 11.3 Å². The monoisotopic (exact) mass is 286 g/mol. The maximum Gasteiger partial charge on any atom is 0.255 e. The lowest BCUT2D eigenvalue weighted by molar-refractivity contribution is 0.279. The van der Waals surface area contributed by atoms with Crippen LogP contribution in [-0.4, -0.2) is 16.3 Å². The standard InChI is InChI=1S/C17H22N2O2/c1-12-4-5-14(10-13(12)2)16-7-6-15(11-18)17(21)19(16)8-3-9-20/h4-7,10,20H,3,8-9,11,18H2,1-2H3. The van der Waals surface area contributed by atoms with Gasteiger partial charge in [0.2, 0.25) is 0 Å². The van der Waals surface area contributed by atoms with Crippen LogP contribution in [0.1, 0.15) is 23.1 Å². The lowest BCUT2D eigenvalue weighted by Crippen LogP contribution is -2.27. The minimum absolute atomic E-state index is 0.0612. The number of rotatable bonds is 5. The third-order valence-corrected chi connectivity index (χ3v) is 3.82. The van der Waals surface area contributed by atoms with Crippen molar-refractivity contribution in [2.45, 2.75) is 33.4 Å². The van der Waals surface area contributed by atoms with Gasteiger partial charge in [0.25, 0.3) is 5.56 Å². The first kappa shape index (κ1) is 15.5. The molecule has 112 valence electrons. The van der Waals surface area contributed by atoms with Gasteiger partial charge < -0.3 is 15.4 Å². The summed E-state index contributed by atoms with van der Waals surface area (Å²) in [7, 11) is 0. The molecule has 0 bridgehead atoms. The molecule has 0 amide bonds. The summed E-state index contributed by atoms with van der Waals surface area (Å²) < 4.78 is 1.71. The normalized spacial score (nSPS) is 10.9. The number of aromatic nitrogens is 1. The maximum absolute atomic E-state index is 12.5. The SMILES string of the molecule is Cc1ccc(-c2ccc(CN)c(=O)n2CCCO)cc1C. The first-order valence-electron chi connectivity index (χ1n) is 7.19. The molecule has 0 aliphatic heterocycles. The van der Waals surface area contributed by atoms with Gasteiger partial charge in [-0.05, 0) is 49.1 Å². The van der Waals surface area contributed by atoms with E-state index in [1.165, 1.54) is 11.1 Å². The number of pyridine rings is 1. The van der Waals surface area contributed by atoms with Gasteiger partial charge >= 0.3 is 0 Å². The van der Waals surface area contributed by atoms with Crippen LogP contribution < -0.4 is 11.3 Å². The van der Waals surface area contributed by atoms with Gasteiger partial charge in [0.05, 0.1) is 5.69 Å². The van der Waals surface area contributed by atoms with Crippen LogP contribution in [0, 0.1) is 13.8 Å². The van der Waals surface area contributed by atoms with E-state index in [4.69, 9.17) is 10.8 Å². The first-order chi connectivity index (χ1) is 10.1. The number of aliphatic hydroxyl groups is 1. The molecule has 4 nitrogen and oxygen atoms in total. The van der Waals surface area contributed by atoms with Crippen LogP contribution in [0.3, 0.4) is 0 Å². The Morgan fingerprint density at radius 3 is 2.52 bits per heavy atom. The van der Waals surface area contributed by atoms with E-state index in [9.17, 15) is 4.79 Å². The van der Waals surface area contributed by atoms with Gasteiger partial charge in [-0.15, -0.1) is 0 Å². The van der Waals surface area contributed by atoms with Crippen LogP contribution in [0.25, 0.3) is 11.3 Å². The predicted octanol–water partition coefficient (Wildman–Crippen LogP) is 1.97. The fraction of sp³-hybridized carbons (Fsp3) is 0.353. The summed E-state index contributed by atoms with van der Waals surface area (Å²) in [5.74, 6) is 0. The Morgan fingerprint density at radius 1 is 1.14 bits per heavy atom. The number of nitrogens with zero attached hydrogens (tertiary/aromatic N) is 1. The molecule has 4 heteroatoms. The Bertz CT molecular complexity index is 690. The number of nitrogens with two attached hydrogens (primary N) is 1. The van der Waals surface area contributed by atoms with E-state index >= 15 is 0 Å². The molecule has 1 aromatic carbocycles. The van der Waals surface area contributed by atoms with Crippen LogP contribution >= 0.6 is 0 Å². The lowest BCUT2D eigenvalue weighted by Gasteiger charge is -2.15. The Morgan fingerprint density at radius 2 is 1.90 bits per heavy atom. The molecule has 2 rings (SSSR count). The van der Waals surface area contributed by atoms with Crippen molar-refractivity contribution in [3.05, 3.63) is 57.4 Å². The highest BCUT2D eigenvalue weighted by molar-refractivity contribution is 5.61. The minimum Gasteiger partial charge on any atom is -0.396 e. The van der Waals surface area contributed by atoms with Gasteiger partial charge in [0, 0.05) is 25.3 Å². The molecule has 0 radical (unpaired) electrons. The van der Waals surface area contributed by atoms with E-state index in [0.29, 0.717) is 18.5 Å². The number of aryl methyl sites for hydroxylation is 2. The molecule has 1 aromatic heterocycles. The number of benzene rings is 1. The summed E-state index contributed by atoms with van der Waals surface area (Å²) in [5, 5.41) is 9.05. The molecule has 0 unspecified atom stereocenters. The highest BCUT2D eigenvalue weighted by atomic mass is 16.3. The van der Waals surface area contributed by atoms with Gasteiger partial charge in [-0.1, -0.05) is 18.2 Å². The average Bonchev–Trinajstić information content (AvgIpc) is 2.48. The smallest absolute Gasteiger partial charge is 0.255 e. The van der Waals surface area contributed by atoms with Crippen molar-refractivity contribution in [3.8, 4) is 11.3 Å². The second kappa shape index (κ2) is 6.70. The summed E-state index contributed by atoms with van der Waals surface area (Å²) in [5.41, 5.74) is 10.4. The highest BCUT2D eigenvalue weighted by Crippen LogP contribution is 2.21. The predicted molar refractivity (Wildman–Crippen MR) is 85.2 cm³/mol. The molecule has 0 fully saturated rings. The number of hydrogen-bond acceptors (Lipinski definition) is 3. The van der Waals surface area contributed by atoms with Crippen molar-refractivity contribution in [2.75, 3.05) is 6.61 Å². The van der Waals surface area contributed by atoms with E-state index in [1.807, 2.05) is 12.1 Å². The molecule has 0 aliphatic carbocycles. The summed E-state index contributed by atoms with van der Waals surface area (Å²) in [6, 6.07) is 9.89. The Hall–Kier alpha value is -1.91. The molecule has 0 aliphatic rings. The second-order valence-electron chi connectivity index (χ2n) is 5.28. The summed E-state index contributed by atoms with van der Waals surface area (Å²) in [4.78, 5) is 12.5. The summed E-state index contributed by atoms with van der Waals surface area (Å²) >= 11 is 0. The zero-order chi connectivity index (χ0) is 15.4. The Balaban J connectivity index is 2.58. The third kappa shape index (κ3) is 3.23. The molecule has 1 heterocycles. The molecule has 0 spiro atoms. The number of aliphatic hydroxyl groups excluding tert-OH is 1. The van der Waals surface area contributed by atoms with Crippen LogP contribution in [0.4, 0.5) is 0 Å². The second-order valence-corrected chi connectivity index (χ2v) is 5.28. The molecule has 21 heavy (non-hydrogen) atoms. The first-order valence-corrected chi connectivity index (χ1v) is 7.19. The van der Waals surface area contributed by atoms with Crippen molar-refractivity contribution in [2.24, 2.45) is 5.73 Å². The van der Waals surface area contributed by atoms with Crippen molar-refractivity contribution >= 4 is 0 Å². The van der Waals surface area contributed by atoms with Crippen molar-refractivity contribution in [3.63, 3.8) is 0 Å². The van der Waals surface area contributed by atoms with Gasteiger partial charge in [0.1, 0.15) is 0 Å². The van der Waals surface area contributed by atoms with E-state index in [1.54, 1.807) is 10.6 Å². The largest absolute Gasteiger partial charge is 0.396 e. The Kier molecular flexibility index (Phi) is 4.94. The minimum atomic E-state index is -0.0679. The van der Waals surface area contributed by atoms with Crippen LogP contribution in [0.15, 0.2) is 35.1 Å². The van der Waals surface area contributed by atoms with Crippen LogP contribution in [0.5, 0.6) is 0 Å². The van der Waals surface area contributed by atoms with E-state index < -0.39 is 0 Å². The van der Waals surface area contributed by atoms with Crippen LogP contribution in [0.2, 0.25) is 0 Å². The molecular formula is C17H22N2O2. The maximum atomic E-state index is 12.5. The van der Waals surface area contributed by atoms with Crippen molar-refractivity contribution in [1.82, 2.24) is 4.57 Å². The molecular weight excluding hydrogens is 264 g/mol. The highest BCUT2D eigenvalue weighted by Gasteiger charge is 2.10. The zero-order valence-corrected chi connectivity index (χ0v) is 12.6. The van der Waals surface area contributed by atoms with Gasteiger partial charge in [-0.3, -0.25) is 4.79 Å². The van der Waals surface area contributed by atoms with Crippen LogP contribution in [-0.2, 0) is 13.1 Å². The fourth-order valence-corrected chi connectivity index (χ4v) is 2.38. The average molecular weight is 286 g/mol. The topological polar surface area (TPSA) is 68.2 Å². The van der Waals surface area contributed by atoms with Crippen molar-refractivity contribution in [1.29, 1.82) is 0 Å². The van der Waals surface area contributed by atoms with Gasteiger partial charge in [0.15, 0.2) is 0 Å². The van der Waals surface area contributed by atoms with Gasteiger partial charge in [-0.25, -0.2) is 0 Å². The molecule has 0 atom stereocenters.